The van der Waals surface area contributed by atoms with E-state index < -0.39 is 24.0 Å². The lowest BCUT2D eigenvalue weighted by atomic mass is 10.2. The molecule has 1 saturated heterocycles. The van der Waals surface area contributed by atoms with Crippen LogP contribution in [0.2, 0.25) is 0 Å². The van der Waals surface area contributed by atoms with Crippen LogP contribution in [0.15, 0.2) is 0 Å². The molecule has 0 bridgehead atoms. The van der Waals surface area contributed by atoms with Crippen molar-refractivity contribution in [3.63, 3.8) is 0 Å². The maximum Gasteiger partial charge on any atom is 0.335 e. The number of aliphatic hydroxyl groups is 1. The van der Waals surface area contributed by atoms with Gasteiger partial charge in [-0.15, -0.1) is 0 Å². The molecule has 0 aliphatic carbocycles. The predicted octanol–water partition coefficient (Wildman–Crippen LogP) is -0.417. The second-order valence-electron chi connectivity index (χ2n) is 3.12. The molecule has 2 atom stereocenters. The maximum atomic E-state index is 10.5. The normalized spacial score (nSPS) is 33.6. The number of hydrogen-bond donors (Lipinski definition) is 2. The van der Waals surface area contributed by atoms with Gasteiger partial charge in [-0.1, -0.05) is 0 Å². The molecule has 1 aliphatic heterocycles. The van der Waals surface area contributed by atoms with Crippen LogP contribution in [0, 0.1) is 0 Å². The lowest BCUT2D eigenvalue weighted by Crippen LogP contribution is -2.33. The Morgan fingerprint density at radius 1 is 1.50 bits per heavy atom. The zero-order valence-corrected chi connectivity index (χ0v) is 6.98. The van der Waals surface area contributed by atoms with Gasteiger partial charge in [0.2, 0.25) is 0 Å². The highest BCUT2D eigenvalue weighted by atomic mass is 16.8. The third-order valence-corrected chi connectivity index (χ3v) is 1.61. The molecule has 2 N–H and O–H groups in total. The van der Waals surface area contributed by atoms with Gasteiger partial charge in [-0.2, -0.15) is 0 Å². The molecular weight excluding hydrogens is 164 g/mol. The molecule has 1 aliphatic rings. The van der Waals surface area contributed by atoms with E-state index >= 15 is 0 Å². The summed E-state index contributed by atoms with van der Waals surface area (Å²) in [6.07, 6.45) is -1.83. The number of rotatable bonds is 2. The van der Waals surface area contributed by atoms with Gasteiger partial charge in [-0.25, -0.2) is 4.79 Å². The summed E-state index contributed by atoms with van der Waals surface area (Å²) < 4.78 is 10.2. The lowest BCUT2D eigenvalue weighted by molar-refractivity contribution is -0.166. The van der Waals surface area contributed by atoms with E-state index in [0.717, 1.165) is 0 Å². The molecule has 1 heterocycles. The van der Waals surface area contributed by atoms with Crippen molar-refractivity contribution >= 4 is 5.97 Å². The third kappa shape index (κ3) is 1.74. The fourth-order valence-corrected chi connectivity index (χ4v) is 1.18. The Hall–Kier alpha value is -0.650. The molecule has 5 nitrogen and oxygen atoms in total. The van der Waals surface area contributed by atoms with Crippen LogP contribution in [0.5, 0.6) is 0 Å². The lowest BCUT2D eigenvalue weighted by Gasteiger charge is -2.15. The molecule has 70 valence electrons. The molecule has 0 aromatic carbocycles. The Labute approximate surface area is 69.9 Å². The smallest absolute Gasteiger partial charge is 0.335 e. The zero-order chi connectivity index (χ0) is 9.35. The molecule has 12 heavy (non-hydrogen) atoms. The average molecular weight is 176 g/mol. The van der Waals surface area contributed by atoms with E-state index in [9.17, 15) is 4.79 Å². The molecule has 2 unspecified atom stereocenters. The number of aliphatic hydroxyl groups excluding tert-OH is 1. The second-order valence-corrected chi connectivity index (χ2v) is 3.12. The van der Waals surface area contributed by atoms with Crippen LogP contribution in [0.25, 0.3) is 0 Å². The maximum absolute atomic E-state index is 10.5. The highest BCUT2D eigenvalue weighted by Crippen LogP contribution is 2.27. The fourth-order valence-electron chi connectivity index (χ4n) is 1.18. The molecular formula is C7H12O5. The van der Waals surface area contributed by atoms with Crippen molar-refractivity contribution in [2.75, 3.05) is 6.61 Å². The number of carboxylic acids is 1. The minimum Gasteiger partial charge on any atom is -0.479 e. The molecule has 0 aromatic rings. The molecule has 0 amide bonds. The largest absolute Gasteiger partial charge is 0.479 e. The highest BCUT2D eigenvalue weighted by Gasteiger charge is 2.44. The van der Waals surface area contributed by atoms with Gasteiger partial charge < -0.3 is 19.7 Å². The van der Waals surface area contributed by atoms with Crippen LogP contribution in [0.3, 0.4) is 0 Å². The molecule has 0 radical (unpaired) electrons. The van der Waals surface area contributed by atoms with E-state index in [1.165, 1.54) is 0 Å². The van der Waals surface area contributed by atoms with Crippen molar-refractivity contribution < 1.29 is 24.5 Å². The van der Waals surface area contributed by atoms with Gasteiger partial charge in [-0.3, -0.25) is 0 Å². The number of ether oxygens (including phenoxy) is 2. The van der Waals surface area contributed by atoms with Gasteiger partial charge in [0.25, 0.3) is 0 Å². The summed E-state index contributed by atoms with van der Waals surface area (Å²) in [6, 6.07) is 0. The third-order valence-electron chi connectivity index (χ3n) is 1.61. The van der Waals surface area contributed by atoms with Gasteiger partial charge in [0, 0.05) is 0 Å². The number of aliphatic carboxylic acids is 1. The van der Waals surface area contributed by atoms with Crippen LogP contribution in [0.1, 0.15) is 13.8 Å². The molecule has 0 aromatic heterocycles. The van der Waals surface area contributed by atoms with Gasteiger partial charge in [0.15, 0.2) is 11.9 Å². The number of hydrogen-bond acceptors (Lipinski definition) is 4. The van der Waals surface area contributed by atoms with Crippen molar-refractivity contribution in [2.45, 2.75) is 31.8 Å². The van der Waals surface area contributed by atoms with E-state index in [1.807, 2.05) is 0 Å². The number of carbonyl (C=O) groups is 1. The first-order valence-corrected chi connectivity index (χ1v) is 3.65. The van der Waals surface area contributed by atoms with E-state index in [0.29, 0.717) is 0 Å². The van der Waals surface area contributed by atoms with Crippen LogP contribution >= 0.6 is 0 Å². The Morgan fingerprint density at radius 3 is 2.42 bits per heavy atom. The first kappa shape index (κ1) is 9.44. The van der Waals surface area contributed by atoms with E-state index in [4.69, 9.17) is 19.7 Å². The molecule has 5 heteroatoms. The fraction of sp³-hybridized carbons (Fsp3) is 0.857. The number of carboxylic acid groups (broad SMARTS) is 1. The van der Waals surface area contributed by atoms with Crippen LogP contribution in [-0.2, 0) is 14.3 Å². The Balaban J connectivity index is 2.69. The van der Waals surface area contributed by atoms with E-state index in [-0.39, 0.29) is 6.61 Å². The molecule has 0 spiro atoms. The predicted molar refractivity (Wildman–Crippen MR) is 38.5 cm³/mol. The summed E-state index contributed by atoms with van der Waals surface area (Å²) in [5, 5.41) is 17.4. The summed E-state index contributed by atoms with van der Waals surface area (Å²) >= 11 is 0. The molecule has 1 rings (SSSR count). The van der Waals surface area contributed by atoms with Crippen molar-refractivity contribution in [3.8, 4) is 0 Å². The quantitative estimate of drug-likeness (QED) is 0.597. The molecule has 1 fully saturated rings. The first-order valence-electron chi connectivity index (χ1n) is 3.65. The summed E-state index contributed by atoms with van der Waals surface area (Å²) in [4.78, 5) is 10.5. The molecule has 0 saturated carbocycles. The van der Waals surface area contributed by atoms with E-state index in [1.54, 1.807) is 13.8 Å². The Morgan fingerprint density at radius 2 is 2.08 bits per heavy atom. The summed E-state index contributed by atoms with van der Waals surface area (Å²) in [7, 11) is 0. The summed E-state index contributed by atoms with van der Waals surface area (Å²) in [5.41, 5.74) is 0. The SMILES string of the molecule is CC1(C)OC(CO)C(C(=O)O)O1. The van der Waals surface area contributed by atoms with E-state index in [2.05, 4.69) is 0 Å². The summed E-state index contributed by atoms with van der Waals surface area (Å²) in [6.45, 7) is 2.87. The minimum atomic E-state index is -1.11. The highest BCUT2D eigenvalue weighted by molar-refractivity contribution is 5.73. The standard InChI is InChI=1S/C7H12O5/c1-7(2)11-4(3-8)5(12-7)6(9)10/h4-5,8H,3H2,1-2H3,(H,9,10). The van der Waals surface area contributed by atoms with Crippen molar-refractivity contribution in [1.82, 2.24) is 0 Å². The zero-order valence-electron chi connectivity index (χ0n) is 6.98. The van der Waals surface area contributed by atoms with Gasteiger partial charge in [0.1, 0.15) is 6.10 Å². The minimum absolute atomic E-state index is 0.347. The van der Waals surface area contributed by atoms with Crippen molar-refractivity contribution in [3.05, 3.63) is 0 Å². The van der Waals surface area contributed by atoms with Gasteiger partial charge in [-0.05, 0) is 13.8 Å². The first-order chi connectivity index (χ1) is 5.46. The topological polar surface area (TPSA) is 76.0 Å². The second kappa shape index (κ2) is 3.01. The average Bonchev–Trinajstić information content (AvgIpc) is 2.25. The Kier molecular flexibility index (Phi) is 2.36. The van der Waals surface area contributed by atoms with Gasteiger partial charge >= 0.3 is 5.97 Å². The summed E-state index contributed by atoms with van der Waals surface area (Å²) in [5.74, 6) is -2.03. The van der Waals surface area contributed by atoms with Crippen LogP contribution in [-0.4, -0.2) is 40.8 Å². The van der Waals surface area contributed by atoms with Crippen LogP contribution < -0.4 is 0 Å². The van der Waals surface area contributed by atoms with Crippen molar-refractivity contribution in [2.24, 2.45) is 0 Å². The van der Waals surface area contributed by atoms with Crippen molar-refractivity contribution in [1.29, 1.82) is 0 Å². The van der Waals surface area contributed by atoms with Crippen LogP contribution in [0.4, 0.5) is 0 Å². The monoisotopic (exact) mass is 176 g/mol. The Bertz CT molecular complexity index is 188. The van der Waals surface area contributed by atoms with Gasteiger partial charge in [0.05, 0.1) is 6.61 Å².